The molecule has 106 valence electrons. The van der Waals surface area contributed by atoms with Crippen LogP contribution in [-0.4, -0.2) is 17.8 Å². The summed E-state index contributed by atoms with van der Waals surface area (Å²) >= 11 is 5.94. The van der Waals surface area contributed by atoms with Gasteiger partial charge in [0.15, 0.2) is 0 Å². The molecule has 0 aromatic heterocycles. The lowest BCUT2D eigenvalue weighted by Gasteiger charge is -2.22. The number of halogens is 1. The molecule has 1 saturated carbocycles. The molecule has 0 bridgehead atoms. The van der Waals surface area contributed by atoms with Gasteiger partial charge in [-0.25, -0.2) is 0 Å². The minimum Gasteiger partial charge on any atom is -0.392 e. The molecule has 2 atom stereocenters. The van der Waals surface area contributed by atoms with Gasteiger partial charge >= 0.3 is 0 Å². The fourth-order valence-electron chi connectivity index (χ4n) is 2.55. The fraction of sp³-hybridized carbons (Fsp3) is 0.625. The molecule has 1 fully saturated rings. The van der Waals surface area contributed by atoms with E-state index in [4.69, 9.17) is 11.6 Å². The predicted molar refractivity (Wildman–Crippen MR) is 80.4 cm³/mol. The van der Waals surface area contributed by atoms with Crippen molar-refractivity contribution in [1.29, 1.82) is 0 Å². The lowest BCUT2D eigenvalue weighted by Crippen LogP contribution is -2.32. The van der Waals surface area contributed by atoms with Gasteiger partial charge in [0, 0.05) is 17.6 Å². The largest absolute Gasteiger partial charge is 0.392 e. The summed E-state index contributed by atoms with van der Waals surface area (Å²) in [4.78, 5) is 0. The van der Waals surface area contributed by atoms with E-state index in [1.165, 1.54) is 18.4 Å². The topological polar surface area (TPSA) is 32.3 Å². The molecule has 19 heavy (non-hydrogen) atoms. The first-order valence-electron chi connectivity index (χ1n) is 7.23. The van der Waals surface area contributed by atoms with Crippen LogP contribution < -0.4 is 5.32 Å². The maximum absolute atomic E-state index is 9.98. The van der Waals surface area contributed by atoms with E-state index in [0.717, 1.165) is 11.4 Å². The Kier molecular flexibility index (Phi) is 5.26. The summed E-state index contributed by atoms with van der Waals surface area (Å²) in [5.74, 6) is 1.25. The maximum atomic E-state index is 9.98. The monoisotopic (exact) mass is 281 g/mol. The molecule has 1 aromatic rings. The van der Waals surface area contributed by atoms with Crippen molar-refractivity contribution in [3.63, 3.8) is 0 Å². The van der Waals surface area contributed by atoms with Crippen molar-refractivity contribution in [2.24, 2.45) is 11.8 Å². The van der Waals surface area contributed by atoms with Crippen LogP contribution >= 0.6 is 11.6 Å². The van der Waals surface area contributed by atoms with Crippen LogP contribution in [0.15, 0.2) is 24.3 Å². The molecular formula is C16H24ClNO. The van der Waals surface area contributed by atoms with Crippen molar-refractivity contribution >= 4 is 11.6 Å². The molecule has 0 amide bonds. The Balaban J connectivity index is 1.91. The summed E-state index contributed by atoms with van der Waals surface area (Å²) in [7, 11) is 0. The van der Waals surface area contributed by atoms with Crippen LogP contribution in [0.2, 0.25) is 5.02 Å². The van der Waals surface area contributed by atoms with Crippen LogP contribution in [0.5, 0.6) is 0 Å². The Morgan fingerprint density at radius 1 is 1.26 bits per heavy atom. The second-order valence-electron chi connectivity index (χ2n) is 6.06. The smallest absolute Gasteiger partial charge is 0.0667 e. The Morgan fingerprint density at radius 2 is 1.89 bits per heavy atom. The predicted octanol–water partition coefficient (Wildman–Crippen LogP) is 3.79. The summed E-state index contributed by atoms with van der Waals surface area (Å²) in [6, 6.07) is 8.43. The van der Waals surface area contributed by atoms with Gasteiger partial charge in [0.2, 0.25) is 0 Å². The lowest BCUT2D eigenvalue weighted by atomic mass is 10.0. The van der Waals surface area contributed by atoms with E-state index >= 15 is 0 Å². The van der Waals surface area contributed by atoms with Crippen LogP contribution in [0, 0.1) is 11.8 Å². The molecule has 0 saturated heterocycles. The molecule has 3 heteroatoms. The van der Waals surface area contributed by atoms with Crippen LogP contribution in [0.25, 0.3) is 0 Å². The van der Waals surface area contributed by atoms with Gasteiger partial charge in [0.25, 0.3) is 0 Å². The van der Waals surface area contributed by atoms with E-state index in [2.05, 4.69) is 31.3 Å². The minimum atomic E-state index is -0.256. The van der Waals surface area contributed by atoms with E-state index in [9.17, 15) is 5.11 Å². The van der Waals surface area contributed by atoms with Gasteiger partial charge in [-0.15, -0.1) is 0 Å². The second kappa shape index (κ2) is 6.74. The summed E-state index contributed by atoms with van der Waals surface area (Å²) in [6.45, 7) is 4.95. The highest BCUT2D eigenvalue weighted by Gasteiger charge is 2.32. The summed E-state index contributed by atoms with van der Waals surface area (Å²) in [6.07, 6.45) is 3.15. The third kappa shape index (κ3) is 4.79. The highest BCUT2D eigenvalue weighted by molar-refractivity contribution is 6.30. The van der Waals surface area contributed by atoms with E-state index in [1.54, 1.807) is 0 Å². The normalized spacial score (nSPS) is 18.6. The molecule has 2 N–H and O–H groups in total. The summed E-state index contributed by atoms with van der Waals surface area (Å²) in [5, 5.41) is 14.3. The summed E-state index contributed by atoms with van der Waals surface area (Å²) < 4.78 is 0. The molecule has 1 aliphatic carbocycles. The van der Waals surface area contributed by atoms with E-state index in [1.807, 2.05) is 12.1 Å². The van der Waals surface area contributed by atoms with Crippen LogP contribution in [0.3, 0.4) is 0 Å². The SMILES string of the molecule is CC(C)CC(O)CNC(c1ccc(Cl)cc1)C1CC1. The number of hydrogen-bond donors (Lipinski definition) is 2. The zero-order chi connectivity index (χ0) is 13.8. The molecule has 1 aliphatic rings. The van der Waals surface area contributed by atoms with Crippen molar-refractivity contribution in [3.05, 3.63) is 34.9 Å². The van der Waals surface area contributed by atoms with Gasteiger partial charge in [-0.05, 0) is 48.8 Å². The highest BCUT2D eigenvalue weighted by atomic mass is 35.5. The average molecular weight is 282 g/mol. The Hall–Kier alpha value is -0.570. The highest BCUT2D eigenvalue weighted by Crippen LogP contribution is 2.41. The number of hydrogen-bond acceptors (Lipinski definition) is 2. The van der Waals surface area contributed by atoms with Crippen LogP contribution in [0.1, 0.15) is 44.7 Å². The average Bonchev–Trinajstić information content (AvgIpc) is 3.15. The molecule has 2 nitrogen and oxygen atoms in total. The zero-order valence-corrected chi connectivity index (χ0v) is 12.5. The Bertz CT molecular complexity index is 386. The molecular weight excluding hydrogens is 258 g/mol. The van der Waals surface area contributed by atoms with Crippen molar-refractivity contribution in [2.75, 3.05) is 6.54 Å². The van der Waals surface area contributed by atoms with Crippen molar-refractivity contribution in [3.8, 4) is 0 Å². The molecule has 0 heterocycles. The van der Waals surface area contributed by atoms with Gasteiger partial charge in [0.05, 0.1) is 6.10 Å². The van der Waals surface area contributed by atoms with E-state index in [0.29, 0.717) is 24.4 Å². The van der Waals surface area contributed by atoms with Crippen LogP contribution in [0.4, 0.5) is 0 Å². The molecule has 0 aliphatic heterocycles. The first-order valence-corrected chi connectivity index (χ1v) is 7.61. The molecule has 2 unspecified atom stereocenters. The Morgan fingerprint density at radius 3 is 2.42 bits per heavy atom. The molecule has 0 radical (unpaired) electrons. The molecule has 2 rings (SSSR count). The van der Waals surface area contributed by atoms with Gasteiger partial charge < -0.3 is 10.4 Å². The van der Waals surface area contributed by atoms with Gasteiger partial charge in [0.1, 0.15) is 0 Å². The molecule has 0 spiro atoms. The first-order chi connectivity index (χ1) is 9.06. The second-order valence-corrected chi connectivity index (χ2v) is 6.49. The van der Waals surface area contributed by atoms with E-state index < -0.39 is 0 Å². The minimum absolute atomic E-state index is 0.256. The maximum Gasteiger partial charge on any atom is 0.0667 e. The van der Waals surface area contributed by atoms with Gasteiger partial charge in [-0.3, -0.25) is 0 Å². The fourth-order valence-corrected chi connectivity index (χ4v) is 2.67. The van der Waals surface area contributed by atoms with E-state index in [-0.39, 0.29) is 6.10 Å². The third-order valence-electron chi connectivity index (χ3n) is 3.64. The van der Waals surface area contributed by atoms with Crippen molar-refractivity contribution in [2.45, 2.75) is 45.3 Å². The standard InChI is InChI=1S/C16H24ClNO/c1-11(2)9-15(19)10-18-16(12-3-4-12)13-5-7-14(17)8-6-13/h5-8,11-12,15-16,18-19H,3-4,9-10H2,1-2H3. The van der Waals surface area contributed by atoms with Crippen LogP contribution in [-0.2, 0) is 0 Å². The first kappa shape index (κ1) is 14.8. The third-order valence-corrected chi connectivity index (χ3v) is 3.89. The van der Waals surface area contributed by atoms with Crippen molar-refractivity contribution in [1.82, 2.24) is 5.32 Å². The molecule has 1 aromatic carbocycles. The number of nitrogens with one attached hydrogen (secondary N) is 1. The number of aliphatic hydroxyl groups excluding tert-OH is 1. The Labute approximate surface area is 121 Å². The quantitative estimate of drug-likeness (QED) is 0.797. The van der Waals surface area contributed by atoms with Gasteiger partial charge in [-0.2, -0.15) is 0 Å². The summed E-state index contributed by atoms with van der Waals surface area (Å²) in [5.41, 5.74) is 1.28. The number of rotatable bonds is 7. The van der Waals surface area contributed by atoms with Crippen molar-refractivity contribution < 1.29 is 5.11 Å². The van der Waals surface area contributed by atoms with Gasteiger partial charge in [-0.1, -0.05) is 37.6 Å². The zero-order valence-electron chi connectivity index (χ0n) is 11.8. The number of aliphatic hydroxyl groups is 1. The lowest BCUT2D eigenvalue weighted by molar-refractivity contribution is 0.141. The number of benzene rings is 1.